The summed E-state index contributed by atoms with van der Waals surface area (Å²) < 4.78 is 25.8. The van der Waals surface area contributed by atoms with Crippen molar-refractivity contribution in [3.63, 3.8) is 0 Å². The third-order valence-corrected chi connectivity index (χ3v) is 3.11. The zero-order valence-electron chi connectivity index (χ0n) is 9.02. The van der Waals surface area contributed by atoms with Gasteiger partial charge in [0.2, 0.25) is 0 Å². The lowest BCUT2D eigenvalue weighted by atomic mass is 10.3. The molecule has 18 heavy (non-hydrogen) atoms. The first-order valence-electron chi connectivity index (χ1n) is 4.88. The van der Waals surface area contributed by atoms with E-state index >= 15 is 0 Å². The molecule has 0 spiro atoms. The smallest absolute Gasteiger partial charge is 0.159 e. The van der Waals surface area contributed by atoms with Gasteiger partial charge in [-0.2, -0.15) is 5.26 Å². The third kappa shape index (κ3) is 2.57. The third-order valence-electron chi connectivity index (χ3n) is 2.10. The van der Waals surface area contributed by atoms with Crippen molar-refractivity contribution >= 4 is 17.4 Å². The summed E-state index contributed by atoms with van der Waals surface area (Å²) in [5, 5.41) is 9.33. The SMILES string of the molecule is N#Cc1cc(N)cnc1Sc1ccc(F)c(F)c1. The Labute approximate surface area is 106 Å². The average Bonchev–Trinajstić information content (AvgIpc) is 2.36. The number of aromatic nitrogens is 1. The summed E-state index contributed by atoms with van der Waals surface area (Å²) in [6.07, 6.45) is 1.41. The Bertz CT molecular complexity index is 638. The molecule has 0 bridgehead atoms. The van der Waals surface area contributed by atoms with Crippen molar-refractivity contribution < 1.29 is 8.78 Å². The fourth-order valence-electron chi connectivity index (χ4n) is 1.28. The molecule has 0 fully saturated rings. The van der Waals surface area contributed by atoms with Gasteiger partial charge >= 0.3 is 0 Å². The Hall–Kier alpha value is -2.13. The maximum atomic E-state index is 13.0. The number of pyridine rings is 1. The molecule has 0 saturated carbocycles. The Kier molecular flexibility index (Phi) is 3.44. The number of halogens is 2. The van der Waals surface area contributed by atoms with Crippen molar-refractivity contribution in [3.05, 3.63) is 47.7 Å². The standard InChI is InChI=1S/C12H7F2N3S/c13-10-2-1-9(4-11(10)14)18-12-7(5-15)3-8(16)6-17-12/h1-4,6H,16H2. The van der Waals surface area contributed by atoms with Crippen LogP contribution in [-0.2, 0) is 0 Å². The molecular formula is C12H7F2N3S. The Morgan fingerprint density at radius 2 is 2.00 bits per heavy atom. The highest BCUT2D eigenvalue weighted by Crippen LogP contribution is 2.30. The van der Waals surface area contributed by atoms with Crippen LogP contribution in [-0.4, -0.2) is 4.98 Å². The minimum Gasteiger partial charge on any atom is -0.397 e. The Balaban J connectivity index is 2.34. The Morgan fingerprint density at radius 3 is 2.67 bits per heavy atom. The number of hydrogen-bond donors (Lipinski definition) is 1. The minimum atomic E-state index is -0.936. The molecule has 0 aliphatic heterocycles. The first kappa shape index (κ1) is 12.3. The van der Waals surface area contributed by atoms with Crippen LogP contribution in [0.2, 0.25) is 0 Å². The second-order valence-electron chi connectivity index (χ2n) is 3.41. The molecule has 0 radical (unpaired) electrons. The molecule has 6 heteroatoms. The zero-order valence-corrected chi connectivity index (χ0v) is 9.84. The van der Waals surface area contributed by atoms with Gasteiger partial charge < -0.3 is 5.73 Å². The van der Waals surface area contributed by atoms with Crippen molar-refractivity contribution in [1.29, 1.82) is 5.26 Å². The monoisotopic (exact) mass is 263 g/mol. The molecule has 0 aliphatic carbocycles. The van der Waals surface area contributed by atoms with Gasteiger partial charge in [0.15, 0.2) is 11.6 Å². The number of anilines is 1. The van der Waals surface area contributed by atoms with Crippen molar-refractivity contribution in [3.8, 4) is 6.07 Å². The molecule has 1 aromatic carbocycles. The molecule has 1 aromatic heterocycles. The lowest BCUT2D eigenvalue weighted by Gasteiger charge is -2.04. The molecular weight excluding hydrogens is 256 g/mol. The number of nitrogens with zero attached hydrogens (tertiary/aromatic N) is 2. The molecule has 2 aromatic rings. The summed E-state index contributed by atoms with van der Waals surface area (Å²) >= 11 is 1.07. The second kappa shape index (κ2) is 5.02. The predicted molar refractivity (Wildman–Crippen MR) is 63.8 cm³/mol. The molecule has 1 heterocycles. The van der Waals surface area contributed by atoms with E-state index in [9.17, 15) is 8.78 Å². The molecule has 0 saturated heterocycles. The van der Waals surface area contributed by atoms with Gasteiger partial charge in [-0.05, 0) is 24.3 Å². The normalized spacial score (nSPS) is 10.1. The number of nitrogens with two attached hydrogens (primary N) is 1. The summed E-state index contributed by atoms with van der Waals surface area (Å²) in [7, 11) is 0. The summed E-state index contributed by atoms with van der Waals surface area (Å²) in [6.45, 7) is 0. The van der Waals surface area contributed by atoms with Crippen molar-refractivity contribution in [2.24, 2.45) is 0 Å². The minimum absolute atomic E-state index is 0.296. The van der Waals surface area contributed by atoms with E-state index in [1.807, 2.05) is 6.07 Å². The van der Waals surface area contributed by atoms with E-state index in [1.165, 1.54) is 18.3 Å². The van der Waals surface area contributed by atoms with Crippen LogP contribution in [0.15, 0.2) is 40.4 Å². The first-order chi connectivity index (χ1) is 8.60. The van der Waals surface area contributed by atoms with Crippen LogP contribution in [0.1, 0.15) is 5.56 Å². The van der Waals surface area contributed by atoms with Gasteiger partial charge in [-0.1, -0.05) is 11.8 Å². The molecule has 2 N–H and O–H groups in total. The fraction of sp³-hybridized carbons (Fsp3) is 0. The topological polar surface area (TPSA) is 62.7 Å². The number of hydrogen-bond acceptors (Lipinski definition) is 4. The first-order valence-corrected chi connectivity index (χ1v) is 5.70. The largest absolute Gasteiger partial charge is 0.397 e. The number of nitriles is 1. The van der Waals surface area contributed by atoms with Gasteiger partial charge in [-0.3, -0.25) is 0 Å². The van der Waals surface area contributed by atoms with Crippen LogP contribution in [0, 0.1) is 23.0 Å². The lowest BCUT2D eigenvalue weighted by Crippen LogP contribution is -1.92. The highest BCUT2D eigenvalue weighted by atomic mass is 32.2. The summed E-state index contributed by atoms with van der Waals surface area (Å²) in [5.41, 5.74) is 6.18. The predicted octanol–water partition coefficient (Wildman–Crippen LogP) is 2.96. The van der Waals surface area contributed by atoms with E-state index in [2.05, 4.69) is 4.98 Å². The summed E-state index contributed by atoms with van der Waals surface area (Å²) in [4.78, 5) is 4.46. The number of benzene rings is 1. The second-order valence-corrected chi connectivity index (χ2v) is 4.47. The summed E-state index contributed by atoms with van der Waals surface area (Å²) in [6, 6.07) is 6.94. The van der Waals surface area contributed by atoms with Gasteiger partial charge in [0, 0.05) is 4.90 Å². The van der Waals surface area contributed by atoms with E-state index in [1.54, 1.807) is 0 Å². The van der Waals surface area contributed by atoms with E-state index in [0.717, 1.165) is 23.9 Å². The molecule has 0 unspecified atom stereocenters. The lowest BCUT2D eigenvalue weighted by molar-refractivity contribution is 0.506. The maximum absolute atomic E-state index is 13.0. The molecule has 2 rings (SSSR count). The highest BCUT2D eigenvalue weighted by molar-refractivity contribution is 7.99. The molecule has 90 valence electrons. The van der Waals surface area contributed by atoms with E-state index in [-0.39, 0.29) is 0 Å². The van der Waals surface area contributed by atoms with E-state index < -0.39 is 11.6 Å². The molecule has 0 aliphatic rings. The zero-order chi connectivity index (χ0) is 13.1. The quantitative estimate of drug-likeness (QED) is 0.904. The van der Waals surface area contributed by atoms with E-state index in [4.69, 9.17) is 11.0 Å². The number of nitrogen functional groups attached to an aromatic ring is 1. The van der Waals surface area contributed by atoms with Crippen LogP contribution in [0.4, 0.5) is 14.5 Å². The van der Waals surface area contributed by atoms with Crippen LogP contribution in [0.5, 0.6) is 0 Å². The van der Waals surface area contributed by atoms with Crippen molar-refractivity contribution in [2.45, 2.75) is 9.92 Å². The van der Waals surface area contributed by atoms with Crippen molar-refractivity contribution in [1.82, 2.24) is 4.98 Å². The van der Waals surface area contributed by atoms with Gasteiger partial charge in [-0.15, -0.1) is 0 Å². The van der Waals surface area contributed by atoms with Crippen molar-refractivity contribution in [2.75, 3.05) is 5.73 Å². The van der Waals surface area contributed by atoms with Gasteiger partial charge in [-0.25, -0.2) is 13.8 Å². The van der Waals surface area contributed by atoms with E-state index in [0.29, 0.717) is 21.2 Å². The average molecular weight is 263 g/mol. The van der Waals surface area contributed by atoms with Gasteiger partial charge in [0.1, 0.15) is 11.1 Å². The Morgan fingerprint density at radius 1 is 1.22 bits per heavy atom. The molecule has 0 amide bonds. The molecule has 3 nitrogen and oxygen atoms in total. The molecule has 0 atom stereocenters. The van der Waals surface area contributed by atoms with Crippen LogP contribution >= 0.6 is 11.8 Å². The van der Waals surface area contributed by atoms with Crippen LogP contribution in [0.3, 0.4) is 0 Å². The van der Waals surface area contributed by atoms with Crippen LogP contribution in [0.25, 0.3) is 0 Å². The van der Waals surface area contributed by atoms with Gasteiger partial charge in [0.05, 0.1) is 17.4 Å². The van der Waals surface area contributed by atoms with Gasteiger partial charge in [0.25, 0.3) is 0 Å². The maximum Gasteiger partial charge on any atom is 0.159 e. The van der Waals surface area contributed by atoms with Crippen LogP contribution < -0.4 is 5.73 Å². The fourth-order valence-corrected chi connectivity index (χ4v) is 2.12. The highest BCUT2D eigenvalue weighted by Gasteiger charge is 2.09. The summed E-state index contributed by atoms with van der Waals surface area (Å²) in [5.74, 6) is -1.85. The number of rotatable bonds is 2.